The third kappa shape index (κ3) is 24.4. The highest BCUT2D eigenvalue weighted by Crippen LogP contribution is 2.35. The molecule has 0 radical (unpaired) electrons. The van der Waals surface area contributed by atoms with Crippen molar-refractivity contribution in [2.75, 3.05) is 13.2 Å². The minimum atomic E-state index is -4.79. The predicted octanol–water partition coefficient (Wildman–Crippen LogP) is 4.29. The zero-order valence-corrected chi connectivity index (χ0v) is 22.2. The Kier molecular flexibility index (Phi) is 21.0. The van der Waals surface area contributed by atoms with Crippen molar-refractivity contribution in [1.82, 2.24) is 0 Å². The maximum Gasteiger partial charge on any atom is 0.469 e. The van der Waals surface area contributed by atoms with E-state index >= 15 is 0 Å². The van der Waals surface area contributed by atoms with Crippen molar-refractivity contribution >= 4 is 19.8 Å². The maximum absolute atomic E-state index is 12.1. The molecular weight excluding hydrogens is 483 g/mol. The van der Waals surface area contributed by atoms with Crippen LogP contribution in [0.1, 0.15) is 90.9 Å². The molecule has 0 aliphatic rings. The Hall–Kier alpha value is -2.71. The van der Waals surface area contributed by atoms with E-state index in [4.69, 9.17) is 19.3 Å². The van der Waals surface area contributed by atoms with Gasteiger partial charge < -0.3 is 19.3 Å². The molecule has 0 unspecified atom stereocenters. The van der Waals surface area contributed by atoms with Gasteiger partial charge >= 0.3 is 19.8 Å². The molecule has 198 valence electrons. The van der Waals surface area contributed by atoms with Crippen LogP contribution in [-0.2, 0) is 28.2 Å². The van der Waals surface area contributed by atoms with Gasteiger partial charge in [0.1, 0.15) is 6.61 Å². The third-order valence-electron chi connectivity index (χ3n) is 4.71. The summed E-state index contributed by atoms with van der Waals surface area (Å²) in [5.41, 5.74) is 0. The summed E-state index contributed by atoms with van der Waals surface area (Å²) < 4.78 is 25.4. The Bertz CT molecular complexity index is 937. The van der Waals surface area contributed by atoms with Crippen LogP contribution in [0, 0.1) is 47.4 Å². The molecule has 0 saturated heterocycles. The lowest BCUT2D eigenvalue weighted by molar-refractivity contribution is -0.158. The van der Waals surface area contributed by atoms with Gasteiger partial charge in [0.15, 0.2) is 6.10 Å². The Morgan fingerprint density at radius 1 is 0.778 bits per heavy atom. The van der Waals surface area contributed by atoms with Crippen LogP contribution >= 0.6 is 7.82 Å². The Morgan fingerprint density at radius 2 is 1.31 bits per heavy atom. The van der Waals surface area contributed by atoms with Crippen molar-refractivity contribution in [3.05, 3.63) is 0 Å². The molecule has 0 spiro atoms. The fourth-order valence-electron chi connectivity index (χ4n) is 2.95. The van der Waals surface area contributed by atoms with Gasteiger partial charge in [-0.2, -0.15) is 0 Å². The fourth-order valence-corrected chi connectivity index (χ4v) is 3.31. The van der Waals surface area contributed by atoms with Gasteiger partial charge in [-0.25, -0.2) is 9.36 Å². The molecule has 0 fully saturated rings. The van der Waals surface area contributed by atoms with Crippen LogP contribution in [0.4, 0.5) is 0 Å². The first-order valence-corrected chi connectivity index (χ1v) is 13.8. The molecule has 0 aliphatic carbocycles. The maximum atomic E-state index is 12.1. The monoisotopic (exact) mass is 520 g/mol. The number of unbranched alkanes of at least 4 members (excludes halogenated alkanes) is 10. The fraction of sp³-hybridized carbons (Fsp3) is 0.630. The van der Waals surface area contributed by atoms with Crippen LogP contribution < -0.4 is 0 Å². The van der Waals surface area contributed by atoms with Crippen LogP contribution in [0.25, 0.3) is 0 Å². The summed E-state index contributed by atoms with van der Waals surface area (Å²) in [6.45, 7) is 2.73. The quantitative estimate of drug-likeness (QED) is 0.0904. The van der Waals surface area contributed by atoms with Crippen molar-refractivity contribution in [3.8, 4) is 47.4 Å². The van der Waals surface area contributed by atoms with E-state index in [0.29, 0.717) is 6.42 Å². The van der Waals surface area contributed by atoms with Gasteiger partial charge in [-0.1, -0.05) is 77.1 Å². The van der Waals surface area contributed by atoms with Crippen LogP contribution in [0.3, 0.4) is 0 Å². The van der Waals surface area contributed by atoms with E-state index in [0.717, 1.165) is 19.3 Å². The first kappa shape index (κ1) is 33.3. The molecule has 0 rings (SSSR count). The third-order valence-corrected chi connectivity index (χ3v) is 5.20. The molecule has 0 aromatic carbocycles. The summed E-state index contributed by atoms with van der Waals surface area (Å²) >= 11 is 0. The van der Waals surface area contributed by atoms with Gasteiger partial charge in [0, 0.05) is 12.3 Å². The molecule has 9 heteroatoms. The topological polar surface area (TPSA) is 119 Å². The van der Waals surface area contributed by atoms with Crippen LogP contribution in [0.5, 0.6) is 0 Å². The number of carbonyl (C=O) groups excluding carboxylic acids is 2. The largest absolute Gasteiger partial charge is 0.469 e. The molecule has 0 aromatic heterocycles. The SMILES string of the molecule is CC#CC#CC#CC#CC(=O)OC[C@H](COP(=O)(O)O)OC(=O)CCCCCCCCCCCCC. The lowest BCUT2D eigenvalue weighted by Gasteiger charge is -2.17. The molecule has 2 N–H and O–H groups in total. The minimum Gasteiger partial charge on any atom is -0.456 e. The smallest absolute Gasteiger partial charge is 0.456 e. The van der Waals surface area contributed by atoms with E-state index in [-0.39, 0.29) is 6.42 Å². The van der Waals surface area contributed by atoms with Crippen LogP contribution in [0.15, 0.2) is 0 Å². The normalized spacial score (nSPS) is 10.7. The highest BCUT2D eigenvalue weighted by Gasteiger charge is 2.22. The number of phosphoric ester groups is 1. The van der Waals surface area contributed by atoms with Gasteiger partial charge in [-0.3, -0.25) is 9.32 Å². The summed E-state index contributed by atoms with van der Waals surface area (Å²) in [5.74, 6) is 17.5. The molecule has 0 heterocycles. The summed E-state index contributed by atoms with van der Waals surface area (Å²) in [4.78, 5) is 41.6. The van der Waals surface area contributed by atoms with Gasteiger partial charge in [0.05, 0.1) is 6.61 Å². The van der Waals surface area contributed by atoms with Gasteiger partial charge in [-0.05, 0) is 48.9 Å². The molecule has 0 aromatic rings. The van der Waals surface area contributed by atoms with Gasteiger partial charge in [0.2, 0.25) is 0 Å². The number of rotatable bonds is 18. The Labute approximate surface area is 215 Å². The van der Waals surface area contributed by atoms with Crippen molar-refractivity contribution in [1.29, 1.82) is 0 Å². The van der Waals surface area contributed by atoms with E-state index in [2.05, 4.69) is 58.8 Å². The number of carbonyl (C=O) groups is 2. The summed E-state index contributed by atoms with van der Waals surface area (Å²) in [6.07, 6.45) is 11.5. The number of esters is 2. The van der Waals surface area contributed by atoms with E-state index in [9.17, 15) is 14.2 Å². The molecule has 8 nitrogen and oxygen atoms in total. The zero-order chi connectivity index (χ0) is 26.9. The predicted molar refractivity (Wildman–Crippen MR) is 137 cm³/mol. The first-order chi connectivity index (χ1) is 17.3. The molecule has 36 heavy (non-hydrogen) atoms. The summed E-state index contributed by atoms with van der Waals surface area (Å²) in [5, 5.41) is 0. The van der Waals surface area contributed by atoms with Crippen molar-refractivity contribution in [3.63, 3.8) is 0 Å². The molecule has 0 amide bonds. The lowest BCUT2D eigenvalue weighted by atomic mass is 10.1. The zero-order valence-electron chi connectivity index (χ0n) is 21.3. The second kappa shape index (κ2) is 22.7. The highest BCUT2D eigenvalue weighted by atomic mass is 31.2. The van der Waals surface area contributed by atoms with E-state index in [1.54, 1.807) is 6.92 Å². The van der Waals surface area contributed by atoms with Crippen LogP contribution in [0.2, 0.25) is 0 Å². The standard InChI is InChI=1S/C27H37O8P/c1-3-5-7-9-11-12-13-14-16-18-20-22-27(29)35-25(24-34-36(30,31)32)23-33-26(28)21-19-17-15-10-8-6-4-2/h25H,3,5,7,9,11-14,16,18,20,22-24H2,1-2H3,(H2,30,31,32)/t25-/m1/s1. The summed E-state index contributed by atoms with van der Waals surface area (Å²) in [7, 11) is -4.79. The number of hydrogen-bond acceptors (Lipinski definition) is 6. The first-order valence-electron chi connectivity index (χ1n) is 12.3. The average Bonchev–Trinajstić information content (AvgIpc) is 2.83. The molecule has 1 atom stereocenters. The van der Waals surface area contributed by atoms with E-state index < -0.39 is 39.1 Å². The number of phosphoric acid groups is 1. The lowest BCUT2D eigenvalue weighted by Crippen LogP contribution is -2.29. The molecule has 0 aliphatic heterocycles. The Balaban J connectivity index is 4.34. The second-order valence-electron chi connectivity index (χ2n) is 7.91. The van der Waals surface area contributed by atoms with Crippen LogP contribution in [-0.4, -0.2) is 41.0 Å². The molecule has 0 bridgehead atoms. The highest BCUT2D eigenvalue weighted by molar-refractivity contribution is 7.46. The molecular formula is C27H37O8P. The van der Waals surface area contributed by atoms with E-state index in [1.807, 2.05) is 0 Å². The van der Waals surface area contributed by atoms with Gasteiger partial charge in [0.25, 0.3) is 0 Å². The van der Waals surface area contributed by atoms with E-state index in [1.165, 1.54) is 44.9 Å². The molecule has 0 saturated carbocycles. The number of ether oxygens (including phenoxy) is 2. The van der Waals surface area contributed by atoms with Crippen molar-refractivity contribution < 1.29 is 37.9 Å². The minimum absolute atomic E-state index is 0.149. The van der Waals surface area contributed by atoms with Gasteiger partial charge in [-0.15, -0.1) is 0 Å². The average molecular weight is 521 g/mol. The Morgan fingerprint density at radius 3 is 1.86 bits per heavy atom. The van der Waals surface area contributed by atoms with Crippen molar-refractivity contribution in [2.45, 2.75) is 97.0 Å². The summed E-state index contributed by atoms with van der Waals surface area (Å²) in [6, 6.07) is 0. The van der Waals surface area contributed by atoms with Crippen molar-refractivity contribution in [2.24, 2.45) is 0 Å². The second-order valence-corrected chi connectivity index (χ2v) is 9.15. The number of hydrogen-bond donors (Lipinski definition) is 2.